The second-order valence-corrected chi connectivity index (χ2v) is 6.84. The van der Waals surface area contributed by atoms with Crippen LogP contribution in [0, 0.1) is 0 Å². The van der Waals surface area contributed by atoms with Crippen molar-refractivity contribution in [2.75, 3.05) is 7.11 Å². The predicted molar refractivity (Wildman–Crippen MR) is 97.2 cm³/mol. The number of methoxy groups -OCH3 is 1. The molecule has 0 saturated carbocycles. The number of alkyl halides is 3. The third-order valence-electron chi connectivity index (χ3n) is 2.93. The first-order valence-corrected chi connectivity index (χ1v) is 8.17. The zero-order chi connectivity index (χ0) is 20.7. The number of halogens is 3. The maximum Gasteiger partial charge on any atom is 0.416 e. The van der Waals surface area contributed by atoms with Crippen LogP contribution < -0.4 is 10.5 Å². The van der Waals surface area contributed by atoms with Crippen LogP contribution in [0.1, 0.15) is 38.0 Å². The van der Waals surface area contributed by atoms with Gasteiger partial charge in [-0.2, -0.15) is 13.2 Å². The van der Waals surface area contributed by atoms with Crippen LogP contribution >= 0.6 is 0 Å². The molecule has 0 radical (unpaired) electrons. The van der Waals surface area contributed by atoms with Gasteiger partial charge in [0.2, 0.25) is 0 Å². The van der Waals surface area contributed by atoms with E-state index in [2.05, 4.69) is 0 Å². The van der Waals surface area contributed by atoms with E-state index in [0.29, 0.717) is 5.75 Å². The zero-order valence-corrected chi connectivity index (χ0v) is 15.7. The average Bonchev–Trinajstić information content (AvgIpc) is 2.54. The van der Waals surface area contributed by atoms with Crippen molar-refractivity contribution >= 4 is 5.97 Å². The highest BCUT2D eigenvalue weighted by molar-refractivity contribution is 5.79. The van der Waals surface area contributed by atoms with Crippen LogP contribution in [-0.4, -0.2) is 18.6 Å². The molecule has 2 aromatic rings. The van der Waals surface area contributed by atoms with Gasteiger partial charge in [0.25, 0.3) is 0 Å². The molecule has 0 aliphatic carbocycles. The van der Waals surface area contributed by atoms with Crippen LogP contribution in [0.3, 0.4) is 0 Å². The van der Waals surface area contributed by atoms with E-state index < -0.39 is 23.8 Å². The van der Waals surface area contributed by atoms with Crippen molar-refractivity contribution in [2.24, 2.45) is 5.73 Å². The van der Waals surface area contributed by atoms with Crippen molar-refractivity contribution in [3.8, 4) is 5.75 Å². The van der Waals surface area contributed by atoms with E-state index in [9.17, 15) is 18.0 Å². The van der Waals surface area contributed by atoms with Gasteiger partial charge in [0.15, 0.2) is 6.10 Å². The Kier molecular flexibility index (Phi) is 7.99. The molecule has 0 amide bonds. The van der Waals surface area contributed by atoms with Crippen molar-refractivity contribution in [3.05, 3.63) is 65.7 Å². The van der Waals surface area contributed by atoms with Crippen molar-refractivity contribution in [2.45, 2.75) is 38.6 Å². The second-order valence-electron chi connectivity index (χ2n) is 6.84. The summed E-state index contributed by atoms with van der Waals surface area (Å²) in [5.74, 6) is -0.491. The molecule has 0 heterocycles. The number of carbonyl (C=O) groups is 1. The Morgan fingerprint density at radius 1 is 1.00 bits per heavy atom. The van der Waals surface area contributed by atoms with Gasteiger partial charge in [-0.1, -0.05) is 30.3 Å². The van der Waals surface area contributed by atoms with E-state index >= 15 is 0 Å². The van der Waals surface area contributed by atoms with E-state index in [4.69, 9.17) is 15.2 Å². The molecule has 2 aromatic carbocycles. The van der Waals surface area contributed by atoms with Crippen LogP contribution in [0.5, 0.6) is 5.75 Å². The molecular weight excluding hydrogens is 359 g/mol. The number of ether oxygens (including phenoxy) is 2. The third-order valence-corrected chi connectivity index (χ3v) is 2.93. The minimum atomic E-state index is -4.49. The third kappa shape index (κ3) is 8.70. The number of carbonyl (C=O) groups excluding carboxylic acids is 1. The molecule has 7 heteroatoms. The molecule has 1 unspecified atom stereocenters. The smallest absolute Gasteiger partial charge is 0.416 e. The maximum absolute atomic E-state index is 12.7. The first-order chi connectivity index (χ1) is 12.4. The van der Waals surface area contributed by atoms with Crippen molar-refractivity contribution in [1.29, 1.82) is 0 Å². The Morgan fingerprint density at radius 3 is 2.04 bits per heavy atom. The largest absolute Gasteiger partial charge is 0.424 e. The molecule has 2 N–H and O–H groups in total. The fourth-order valence-electron chi connectivity index (χ4n) is 1.90. The van der Waals surface area contributed by atoms with Gasteiger partial charge >= 0.3 is 12.1 Å². The highest BCUT2D eigenvalue weighted by atomic mass is 19.4. The van der Waals surface area contributed by atoms with E-state index in [1.807, 2.05) is 20.8 Å². The standard InChI is InChI=1S/C16H13F3O3.C4H11N/c1-21-14(15(20)22-13-8-3-2-4-9-13)11-6-5-7-12(10-11)16(17,18)19;1-4(2,3)5/h2-10,14H,1H3;5H2,1-3H3. The normalized spacial score (nSPS) is 12.6. The number of rotatable bonds is 4. The van der Waals surface area contributed by atoms with Gasteiger partial charge in [-0.3, -0.25) is 0 Å². The lowest BCUT2D eigenvalue weighted by Gasteiger charge is -2.16. The van der Waals surface area contributed by atoms with Gasteiger partial charge in [0, 0.05) is 12.6 Å². The number of hydrogen-bond donors (Lipinski definition) is 1. The van der Waals surface area contributed by atoms with Crippen LogP contribution in [0.2, 0.25) is 0 Å². The molecule has 2 rings (SSSR count). The molecule has 27 heavy (non-hydrogen) atoms. The predicted octanol–water partition coefficient (Wildman–Crippen LogP) is 4.74. The van der Waals surface area contributed by atoms with Gasteiger partial charge in [0.05, 0.1) is 5.56 Å². The van der Waals surface area contributed by atoms with Gasteiger partial charge in [0.1, 0.15) is 5.75 Å². The van der Waals surface area contributed by atoms with Crippen molar-refractivity contribution < 1.29 is 27.4 Å². The van der Waals surface area contributed by atoms with Crippen LogP contribution in [0.25, 0.3) is 0 Å². The summed E-state index contributed by atoms with van der Waals surface area (Å²) in [5.41, 5.74) is 4.59. The Labute approximate surface area is 157 Å². The molecule has 1 atom stereocenters. The molecular formula is C20H24F3NO3. The van der Waals surface area contributed by atoms with E-state index in [0.717, 1.165) is 12.1 Å². The van der Waals surface area contributed by atoms with Gasteiger partial charge in [-0.15, -0.1) is 0 Å². The van der Waals surface area contributed by atoms with Crippen molar-refractivity contribution in [3.63, 3.8) is 0 Å². The molecule has 0 saturated heterocycles. The lowest BCUT2D eigenvalue weighted by molar-refractivity contribution is -0.146. The average molecular weight is 383 g/mol. The summed E-state index contributed by atoms with van der Waals surface area (Å²) in [6.07, 6.45) is -5.72. The molecule has 0 fully saturated rings. The highest BCUT2D eigenvalue weighted by Crippen LogP contribution is 2.31. The number of nitrogens with two attached hydrogens (primary N) is 1. The Bertz CT molecular complexity index is 719. The number of benzene rings is 2. The molecule has 4 nitrogen and oxygen atoms in total. The monoisotopic (exact) mass is 383 g/mol. The fourth-order valence-corrected chi connectivity index (χ4v) is 1.90. The van der Waals surface area contributed by atoms with Gasteiger partial charge < -0.3 is 15.2 Å². The second kappa shape index (κ2) is 9.53. The fraction of sp³-hybridized carbons (Fsp3) is 0.350. The summed E-state index contributed by atoms with van der Waals surface area (Å²) in [5, 5.41) is 0. The lowest BCUT2D eigenvalue weighted by Crippen LogP contribution is -2.26. The van der Waals surface area contributed by atoms with Crippen LogP contribution in [0.15, 0.2) is 54.6 Å². The summed E-state index contributed by atoms with van der Waals surface area (Å²) in [6, 6.07) is 12.6. The summed E-state index contributed by atoms with van der Waals surface area (Å²) < 4.78 is 48.3. The van der Waals surface area contributed by atoms with E-state index in [1.165, 1.54) is 19.2 Å². The topological polar surface area (TPSA) is 61.5 Å². The molecule has 148 valence electrons. The zero-order valence-electron chi connectivity index (χ0n) is 15.7. The first-order valence-electron chi connectivity index (χ1n) is 8.17. The summed E-state index contributed by atoms with van der Waals surface area (Å²) in [4.78, 5) is 12.1. The minimum absolute atomic E-state index is 0. The van der Waals surface area contributed by atoms with Gasteiger partial charge in [-0.25, -0.2) is 4.79 Å². The summed E-state index contributed by atoms with van der Waals surface area (Å²) in [6.45, 7) is 5.90. The SMILES string of the molecule is CC(C)(C)N.COC(C(=O)Oc1ccccc1)c1cccc(C(F)(F)F)c1. The van der Waals surface area contributed by atoms with E-state index in [1.54, 1.807) is 30.3 Å². The molecule has 0 spiro atoms. The Balaban J connectivity index is 0.000000646. The number of hydrogen-bond acceptors (Lipinski definition) is 4. The van der Waals surface area contributed by atoms with Crippen molar-refractivity contribution in [1.82, 2.24) is 0 Å². The highest BCUT2D eigenvalue weighted by Gasteiger charge is 2.32. The molecule has 0 bridgehead atoms. The summed E-state index contributed by atoms with van der Waals surface area (Å²) >= 11 is 0. The first kappa shape index (κ1) is 22.7. The Morgan fingerprint density at radius 2 is 1.56 bits per heavy atom. The van der Waals surface area contributed by atoms with Crippen LogP contribution in [-0.2, 0) is 15.7 Å². The minimum Gasteiger partial charge on any atom is -0.424 e. The molecule has 0 aliphatic rings. The summed E-state index contributed by atoms with van der Waals surface area (Å²) in [7, 11) is 1.23. The van der Waals surface area contributed by atoms with Gasteiger partial charge in [-0.05, 0) is 50.6 Å². The Hall–Kier alpha value is -2.38. The number of para-hydroxylation sites is 1. The molecule has 0 aromatic heterocycles. The maximum atomic E-state index is 12.7. The van der Waals surface area contributed by atoms with E-state index in [-0.39, 0.29) is 11.1 Å². The van der Waals surface area contributed by atoms with Crippen LogP contribution in [0.4, 0.5) is 13.2 Å². The lowest BCUT2D eigenvalue weighted by atomic mass is 10.1. The molecule has 0 aliphatic heterocycles. The quantitative estimate of drug-likeness (QED) is 0.612. The number of esters is 1.